The van der Waals surface area contributed by atoms with Crippen LogP contribution >= 0.6 is 0 Å². The number of nitrogens with one attached hydrogen (secondary N) is 1. The molecule has 3 aliphatic rings. The molecule has 2 aliphatic heterocycles. The van der Waals surface area contributed by atoms with Crippen LogP contribution in [-0.2, 0) is 0 Å². The fourth-order valence-electron chi connectivity index (χ4n) is 5.85. The van der Waals surface area contributed by atoms with Gasteiger partial charge in [-0.1, -0.05) is 62.4 Å². The van der Waals surface area contributed by atoms with Gasteiger partial charge in [-0.05, 0) is 37.7 Å². The van der Waals surface area contributed by atoms with Crippen molar-refractivity contribution in [2.24, 2.45) is 11.8 Å². The maximum absolute atomic E-state index is 13.0. The summed E-state index contributed by atoms with van der Waals surface area (Å²) in [6, 6.07) is 9.49. The molecule has 0 bridgehead atoms. The van der Waals surface area contributed by atoms with E-state index in [1.165, 1.54) is 38.4 Å². The van der Waals surface area contributed by atoms with Gasteiger partial charge in [-0.25, -0.2) is 14.8 Å². The number of hydrogen-bond donors (Lipinski definition) is 2. The zero-order valence-corrected chi connectivity index (χ0v) is 21.5. The number of rotatable bonds is 6. The van der Waals surface area contributed by atoms with E-state index in [1.54, 1.807) is 0 Å². The molecule has 8 heteroatoms. The van der Waals surface area contributed by atoms with E-state index in [0.29, 0.717) is 17.4 Å². The Hall–Kier alpha value is -3.00. The number of likely N-dealkylation sites (tertiary alicyclic amines) is 2. The Kier molecular flexibility index (Phi) is 8.91. The number of aromatic nitrogens is 2. The molecule has 194 valence electrons. The molecule has 5 rings (SSSR count). The first-order valence-corrected chi connectivity index (χ1v) is 13.3. The number of carbonyl (C=O) groups excluding carboxylic acids is 1. The average Bonchev–Trinajstić information content (AvgIpc) is 3.61. The van der Waals surface area contributed by atoms with Gasteiger partial charge in [0.2, 0.25) is 0 Å². The molecule has 3 atom stereocenters. The van der Waals surface area contributed by atoms with E-state index in [9.17, 15) is 14.7 Å². The summed E-state index contributed by atoms with van der Waals surface area (Å²) < 4.78 is 0. The smallest absolute Gasteiger partial charge is 0.405 e. The lowest BCUT2D eigenvalue weighted by Crippen LogP contribution is -2.35. The number of hydrogen-bond acceptors (Lipinski definition) is 5. The topological polar surface area (TPSA) is 98.7 Å². The molecule has 36 heavy (non-hydrogen) atoms. The van der Waals surface area contributed by atoms with Crippen molar-refractivity contribution in [3.63, 3.8) is 0 Å². The molecule has 1 saturated carbocycles. The number of amides is 2. The predicted octanol–water partition coefficient (Wildman–Crippen LogP) is 4.45. The van der Waals surface area contributed by atoms with Crippen molar-refractivity contribution in [2.45, 2.75) is 58.4 Å². The van der Waals surface area contributed by atoms with Gasteiger partial charge in [-0.2, -0.15) is 0 Å². The largest absolute Gasteiger partial charge is 0.465 e. The van der Waals surface area contributed by atoms with Crippen LogP contribution in [0.3, 0.4) is 0 Å². The van der Waals surface area contributed by atoms with E-state index in [1.807, 2.05) is 49.1 Å². The van der Waals surface area contributed by atoms with E-state index in [-0.39, 0.29) is 11.9 Å². The summed E-state index contributed by atoms with van der Waals surface area (Å²) in [5.41, 5.74) is 3.07. The molecule has 8 nitrogen and oxygen atoms in total. The molecule has 0 spiro atoms. The minimum absolute atomic E-state index is 0.0337. The van der Waals surface area contributed by atoms with Crippen molar-refractivity contribution in [2.75, 3.05) is 32.7 Å². The van der Waals surface area contributed by atoms with Crippen LogP contribution in [0.15, 0.2) is 36.7 Å². The van der Waals surface area contributed by atoms with Crippen molar-refractivity contribution in [3.8, 4) is 0 Å². The first kappa shape index (κ1) is 26.1. The number of aryl methyl sites for hydroxylation is 2. The van der Waals surface area contributed by atoms with E-state index in [4.69, 9.17) is 0 Å². The first-order valence-electron chi connectivity index (χ1n) is 13.3. The second-order valence-corrected chi connectivity index (χ2v) is 10.4. The highest BCUT2D eigenvalue weighted by atomic mass is 16.4. The van der Waals surface area contributed by atoms with Crippen LogP contribution in [0.5, 0.6) is 0 Å². The highest BCUT2D eigenvalue weighted by molar-refractivity contribution is 5.96. The fourth-order valence-corrected chi connectivity index (χ4v) is 5.85. The SMILES string of the molecule is C1CCCC1.Cc1ncnc(C)c1C(=O)N1CC2CN(CCC(NC(=O)O)c3ccccc3)C[C@H]2C1. The number of carbonyl (C=O) groups is 2. The van der Waals surface area contributed by atoms with Crippen LogP contribution in [0.25, 0.3) is 0 Å². The fraction of sp³-hybridized carbons (Fsp3) is 0.571. The molecule has 2 aromatic rings. The Morgan fingerprint density at radius 1 is 0.944 bits per heavy atom. The summed E-state index contributed by atoms with van der Waals surface area (Å²) in [4.78, 5) is 37.0. The molecule has 1 aromatic carbocycles. The Labute approximate surface area is 214 Å². The standard InChI is InChI=1S/C23H29N5O3.C5H10/c1-15-21(16(2)25-14-24-15)22(29)28-12-18-10-27(11-19(18)13-28)9-8-20(26-23(30)31)17-6-4-3-5-7-17;1-2-4-5-3-1/h3-7,14,18-20,26H,8-13H2,1-2H3,(H,30,31);1-5H2/t18-,19?,20?;/m0./s1. The van der Waals surface area contributed by atoms with Gasteiger partial charge in [-0.15, -0.1) is 0 Å². The van der Waals surface area contributed by atoms with E-state index >= 15 is 0 Å². The Balaban J connectivity index is 0.000000543. The quantitative estimate of drug-likeness (QED) is 0.617. The number of nitrogens with zero attached hydrogens (tertiary/aromatic N) is 4. The van der Waals surface area contributed by atoms with E-state index < -0.39 is 6.09 Å². The van der Waals surface area contributed by atoms with Crippen molar-refractivity contribution < 1.29 is 14.7 Å². The molecule has 2 unspecified atom stereocenters. The Morgan fingerprint density at radius 3 is 2.03 bits per heavy atom. The maximum atomic E-state index is 13.0. The van der Waals surface area contributed by atoms with Gasteiger partial charge in [0.25, 0.3) is 5.91 Å². The lowest BCUT2D eigenvalue weighted by molar-refractivity contribution is 0.0771. The molecule has 1 aliphatic carbocycles. The number of benzene rings is 1. The molecule has 3 fully saturated rings. The van der Waals surface area contributed by atoms with Crippen LogP contribution in [0.1, 0.15) is 71.9 Å². The minimum atomic E-state index is -1.00. The second-order valence-electron chi connectivity index (χ2n) is 10.4. The van der Waals surface area contributed by atoms with E-state index in [2.05, 4.69) is 20.2 Å². The predicted molar refractivity (Wildman–Crippen MR) is 139 cm³/mol. The molecule has 3 heterocycles. The normalized spacial score (nSPS) is 22.0. The summed E-state index contributed by atoms with van der Waals surface area (Å²) in [5, 5.41) is 11.9. The summed E-state index contributed by atoms with van der Waals surface area (Å²) in [6.07, 6.45) is 8.72. The van der Waals surface area contributed by atoms with Crippen molar-refractivity contribution in [1.82, 2.24) is 25.1 Å². The van der Waals surface area contributed by atoms with Gasteiger partial charge in [0.05, 0.1) is 23.0 Å². The molecule has 0 radical (unpaired) electrons. The third-order valence-electron chi connectivity index (χ3n) is 7.77. The highest BCUT2D eigenvalue weighted by Gasteiger charge is 2.42. The van der Waals surface area contributed by atoms with Crippen molar-refractivity contribution >= 4 is 12.0 Å². The van der Waals surface area contributed by atoms with Crippen molar-refractivity contribution in [1.29, 1.82) is 0 Å². The Morgan fingerprint density at radius 2 is 1.50 bits per heavy atom. The third kappa shape index (κ3) is 6.60. The summed E-state index contributed by atoms with van der Waals surface area (Å²) in [6.45, 7) is 7.92. The summed E-state index contributed by atoms with van der Waals surface area (Å²) in [5.74, 6) is 0.944. The summed E-state index contributed by atoms with van der Waals surface area (Å²) >= 11 is 0. The maximum Gasteiger partial charge on any atom is 0.405 e. The molecule has 2 amide bonds. The van der Waals surface area contributed by atoms with Gasteiger partial charge in [0.15, 0.2) is 0 Å². The first-order chi connectivity index (χ1) is 17.4. The lowest BCUT2D eigenvalue weighted by atomic mass is 10.0. The summed E-state index contributed by atoms with van der Waals surface area (Å²) in [7, 11) is 0. The van der Waals surface area contributed by atoms with Crippen molar-refractivity contribution in [3.05, 3.63) is 59.2 Å². The average molecular weight is 494 g/mol. The third-order valence-corrected chi connectivity index (χ3v) is 7.77. The minimum Gasteiger partial charge on any atom is -0.465 e. The van der Waals surface area contributed by atoms with Crippen LogP contribution in [0.4, 0.5) is 4.79 Å². The van der Waals surface area contributed by atoms with Crippen LogP contribution in [-0.4, -0.2) is 69.6 Å². The lowest BCUT2D eigenvalue weighted by Gasteiger charge is -2.24. The second kappa shape index (κ2) is 12.3. The molecular weight excluding hydrogens is 454 g/mol. The molecule has 1 aromatic heterocycles. The Bertz CT molecular complexity index is 985. The van der Waals surface area contributed by atoms with Gasteiger partial charge >= 0.3 is 6.09 Å². The number of carboxylic acid groups (broad SMARTS) is 1. The van der Waals surface area contributed by atoms with Gasteiger partial charge in [0, 0.05) is 32.7 Å². The number of fused-ring (bicyclic) bond motifs is 1. The van der Waals surface area contributed by atoms with Gasteiger partial charge in [-0.3, -0.25) is 4.79 Å². The van der Waals surface area contributed by atoms with Gasteiger partial charge < -0.3 is 20.2 Å². The zero-order valence-electron chi connectivity index (χ0n) is 21.5. The zero-order chi connectivity index (χ0) is 25.5. The molecule has 2 N–H and O–H groups in total. The van der Waals surface area contributed by atoms with Crippen LogP contribution in [0, 0.1) is 25.7 Å². The van der Waals surface area contributed by atoms with Gasteiger partial charge in [0.1, 0.15) is 6.33 Å². The van der Waals surface area contributed by atoms with Crippen LogP contribution in [0.2, 0.25) is 0 Å². The molecular formula is C28H39N5O3. The monoisotopic (exact) mass is 493 g/mol. The van der Waals surface area contributed by atoms with Crippen LogP contribution < -0.4 is 5.32 Å². The van der Waals surface area contributed by atoms with E-state index in [0.717, 1.165) is 56.1 Å². The highest BCUT2D eigenvalue weighted by Crippen LogP contribution is 2.33. The molecule has 2 saturated heterocycles.